The molecule has 6 rings (SSSR count). The Hall–Kier alpha value is -2.67. The molecule has 0 radical (unpaired) electrons. The number of hydrogen-bond acceptors (Lipinski definition) is 5. The largest absolute Gasteiger partial charge is 0.355 e. The highest BCUT2D eigenvalue weighted by Gasteiger charge is 2.66. The number of benzene rings is 1. The van der Waals surface area contributed by atoms with Crippen molar-refractivity contribution in [2.24, 2.45) is 11.3 Å². The van der Waals surface area contributed by atoms with Crippen LogP contribution in [0.2, 0.25) is 5.15 Å². The second kappa shape index (κ2) is 7.67. The third kappa shape index (κ3) is 2.95. The van der Waals surface area contributed by atoms with Crippen LogP contribution in [0, 0.1) is 23.0 Å². The van der Waals surface area contributed by atoms with E-state index >= 15 is 0 Å². The van der Waals surface area contributed by atoms with Crippen molar-refractivity contribution in [3.05, 3.63) is 64.4 Å². The van der Waals surface area contributed by atoms with Crippen LogP contribution in [0.1, 0.15) is 56.7 Å². The van der Waals surface area contributed by atoms with Gasteiger partial charge >= 0.3 is 0 Å². The van der Waals surface area contributed by atoms with Gasteiger partial charge < -0.3 is 4.90 Å². The molecule has 176 valence electrons. The molecule has 1 saturated carbocycles. The lowest BCUT2D eigenvalue weighted by Gasteiger charge is -2.48. The summed E-state index contributed by atoms with van der Waals surface area (Å²) in [5.41, 5.74) is 2.13. The van der Waals surface area contributed by atoms with Crippen LogP contribution in [-0.2, 0) is 5.41 Å². The molecular weight excluding hydrogens is 456 g/mol. The van der Waals surface area contributed by atoms with Crippen LogP contribution >= 0.6 is 11.6 Å². The topological polar surface area (TPSA) is 54.8 Å². The highest BCUT2D eigenvalue weighted by Crippen LogP contribution is 2.70. The first kappa shape index (κ1) is 21.8. The summed E-state index contributed by atoms with van der Waals surface area (Å²) < 4.78 is 29.0. The molecule has 1 aliphatic heterocycles. The van der Waals surface area contributed by atoms with Crippen molar-refractivity contribution in [3.8, 4) is 11.3 Å². The summed E-state index contributed by atoms with van der Waals surface area (Å²) in [4.78, 5) is 2.30. The Morgan fingerprint density at radius 3 is 2.53 bits per heavy atom. The second-order valence-electron chi connectivity index (χ2n) is 10.4. The minimum Gasteiger partial charge on any atom is -0.355 e. The summed E-state index contributed by atoms with van der Waals surface area (Å²) in [7, 11) is 0. The van der Waals surface area contributed by atoms with Gasteiger partial charge in [-0.05, 0) is 78.8 Å². The number of anilines is 1. The molecule has 8 heteroatoms. The second-order valence-corrected chi connectivity index (χ2v) is 10.8. The van der Waals surface area contributed by atoms with Crippen molar-refractivity contribution in [1.82, 2.24) is 20.4 Å². The fourth-order valence-corrected chi connectivity index (χ4v) is 7.31. The van der Waals surface area contributed by atoms with Crippen LogP contribution in [0.3, 0.4) is 0 Å². The van der Waals surface area contributed by atoms with Gasteiger partial charge in [0.25, 0.3) is 0 Å². The number of piperidine rings is 1. The molecule has 0 amide bonds. The smallest absolute Gasteiger partial charge is 0.151 e. The Labute approximate surface area is 202 Å². The quantitative estimate of drug-likeness (QED) is 0.463. The van der Waals surface area contributed by atoms with E-state index in [1.54, 1.807) is 6.07 Å². The van der Waals surface area contributed by atoms with Crippen LogP contribution in [0.4, 0.5) is 14.6 Å². The van der Waals surface area contributed by atoms with Gasteiger partial charge in [-0.3, -0.25) is 0 Å². The number of halogens is 3. The number of nitrogens with zero attached hydrogens (tertiary/aromatic N) is 5. The van der Waals surface area contributed by atoms with E-state index in [2.05, 4.69) is 34.0 Å². The van der Waals surface area contributed by atoms with Crippen LogP contribution < -0.4 is 4.90 Å². The van der Waals surface area contributed by atoms with Gasteiger partial charge in [-0.25, -0.2) is 8.78 Å². The SMILES string of the molecule is CC1(C)C2CCC1(C1CCCN(c3ccc(Cl)nn3)C1)c1nnc(-c3c(F)cccc3F)cc12. The Morgan fingerprint density at radius 2 is 1.79 bits per heavy atom. The van der Waals surface area contributed by atoms with Crippen molar-refractivity contribution < 1.29 is 8.78 Å². The molecule has 2 aromatic heterocycles. The molecule has 34 heavy (non-hydrogen) atoms. The molecular formula is C26H26ClF2N5. The molecule has 2 bridgehead atoms. The van der Waals surface area contributed by atoms with E-state index in [1.165, 1.54) is 18.2 Å². The normalized spacial score (nSPS) is 27.1. The van der Waals surface area contributed by atoms with E-state index in [0.29, 0.717) is 11.1 Å². The summed E-state index contributed by atoms with van der Waals surface area (Å²) in [5, 5.41) is 17.8. The molecule has 3 aromatic rings. The zero-order valence-corrected chi connectivity index (χ0v) is 20.0. The Kier molecular flexibility index (Phi) is 4.93. The Balaban J connectivity index is 1.41. The molecule has 2 aliphatic carbocycles. The van der Waals surface area contributed by atoms with Crippen molar-refractivity contribution in [1.29, 1.82) is 0 Å². The lowest BCUT2D eigenvalue weighted by Crippen LogP contribution is -2.50. The first-order chi connectivity index (χ1) is 16.3. The van der Waals surface area contributed by atoms with Crippen molar-refractivity contribution >= 4 is 17.4 Å². The Bertz CT molecular complexity index is 1240. The standard InChI is InChI=1S/C26H26ClF2N5/c1-25(2)17-10-11-26(25,15-5-4-12-34(14-15)22-9-8-21(27)31-32-22)24-16(17)13-20(30-33-24)23-18(28)6-3-7-19(23)29/h3,6-9,13,15,17H,4-5,10-12,14H2,1-2H3. The van der Waals surface area contributed by atoms with Crippen molar-refractivity contribution in [2.45, 2.75) is 50.9 Å². The van der Waals surface area contributed by atoms with Gasteiger partial charge in [-0.1, -0.05) is 31.5 Å². The van der Waals surface area contributed by atoms with Gasteiger partial charge in [0.15, 0.2) is 11.0 Å². The fraction of sp³-hybridized carbons (Fsp3) is 0.462. The van der Waals surface area contributed by atoms with E-state index in [4.69, 9.17) is 16.7 Å². The first-order valence-electron chi connectivity index (χ1n) is 11.9. The summed E-state index contributed by atoms with van der Waals surface area (Å²) in [6, 6.07) is 9.50. The maximum Gasteiger partial charge on any atom is 0.151 e. The van der Waals surface area contributed by atoms with Gasteiger partial charge in [0.2, 0.25) is 0 Å². The van der Waals surface area contributed by atoms with Gasteiger partial charge in [0, 0.05) is 18.5 Å². The number of fused-ring (bicyclic) bond motifs is 5. The maximum atomic E-state index is 14.5. The average Bonchev–Trinajstić information content (AvgIpc) is 3.21. The summed E-state index contributed by atoms with van der Waals surface area (Å²) in [6.07, 6.45) is 4.24. The predicted octanol–water partition coefficient (Wildman–Crippen LogP) is 5.94. The third-order valence-electron chi connectivity index (χ3n) is 8.75. The molecule has 2 fully saturated rings. The van der Waals surface area contributed by atoms with Crippen molar-refractivity contribution in [2.75, 3.05) is 18.0 Å². The highest BCUT2D eigenvalue weighted by atomic mass is 35.5. The van der Waals surface area contributed by atoms with Crippen molar-refractivity contribution in [3.63, 3.8) is 0 Å². The maximum absolute atomic E-state index is 14.5. The minimum atomic E-state index is -0.613. The van der Waals surface area contributed by atoms with Gasteiger partial charge in [0.1, 0.15) is 11.6 Å². The van der Waals surface area contributed by atoms with Crippen LogP contribution in [0.25, 0.3) is 11.3 Å². The molecule has 3 heterocycles. The van der Waals surface area contributed by atoms with Gasteiger partial charge in [-0.15, -0.1) is 10.2 Å². The molecule has 1 saturated heterocycles. The monoisotopic (exact) mass is 481 g/mol. The van der Waals surface area contributed by atoms with E-state index in [1.807, 2.05) is 12.1 Å². The number of hydrogen-bond donors (Lipinski definition) is 0. The van der Waals surface area contributed by atoms with Gasteiger partial charge in [0.05, 0.1) is 17.0 Å². The number of rotatable bonds is 3. The molecule has 5 nitrogen and oxygen atoms in total. The predicted molar refractivity (Wildman–Crippen MR) is 127 cm³/mol. The summed E-state index contributed by atoms with van der Waals surface area (Å²) in [5.74, 6) is 0.270. The van der Waals surface area contributed by atoms with Gasteiger partial charge in [-0.2, -0.15) is 10.2 Å². The lowest BCUT2D eigenvalue weighted by molar-refractivity contribution is 0.112. The zero-order valence-electron chi connectivity index (χ0n) is 19.2. The van der Waals surface area contributed by atoms with E-state index < -0.39 is 11.6 Å². The Morgan fingerprint density at radius 1 is 1.00 bits per heavy atom. The molecule has 3 aliphatic rings. The molecule has 3 unspecified atom stereocenters. The summed E-state index contributed by atoms with van der Waals surface area (Å²) >= 11 is 5.95. The molecule has 0 N–H and O–H groups in total. The third-order valence-corrected chi connectivity index (χ3v) is 8.95. The van der Waals surface area contributed by atoms with Crippen LogP contribution in [0.5, 0.6) is 0 Å². The van der Waals surface area contributed by atoms with E-state index in [-0.39, 0.29) is 28.0 Å². The molecule has 0 spiro atoms. The fourth-order valence-electron chi connectivity index (χ4n) is 7.21. The van der Waals surface area contributed by atoms with E-state index in [0.717, 1.165) is 55.8 Å². The first-order valence-corrected chi connectivity index (χ1v) is 12.3. The zero-order chi connectivity index (χ0) is 23.7. The lowest BCUT2D eigenvalue weighted by atomic mass is 9.59. The molecule has 1 aromatic carbocycles. The summed E-state index contributed by atoms with van der Waals surface area (Å²) in [6.45, 7) is 6.45. The number of aromatic nitrogens is 4. The minimum absolute atomic E-state index is 0.0320. The van der Waals surface area contributed by atoms with Crippen LogP contribution in [-0.4, -0.2) is 33.5 Å². The van der Waals surface area contributed by atoms with Crippen LogP contribution in [0.15, 0.2) is 36.4 Å². The average molecular weight is 482 g/mol. The van der Waals surface area contributed by atoms with E-state index in [9.17, 15) is 8.78 Å². The molecule has 3 atom stereocenters. The highest BCUT2D eigenvalue weighted by molar-refractivity contribution is 6.29.